The smallest absolute Gasteiger partial charge is 0.0622 e. The third-order valence-corrected chi connectivity index (χ3v) is 3.47. The molecule has 20 heavy (non-hydrogen) atoms. The average molecular weight is 257 g/mol. The van der Waals surface area contributed by atoms with Gasteiger partial charge in [-0.05, 0) is 23.6 Å². The Morgan fingerprint density at radius 3 is 1.35 bits per heavy atom. The summed E-state index contributed by atoms with van der Waals surface area (Å²) in [4.78, 5) is 0. The van der Waals surface area contributed by atoms with E-state index in [1.165, 1.54) is 28.2 Å². The summed E-state index contributed by atoms with van der Waals surface area (Å²) in [5.41, 5.74) is 5.05. The summed E-state index contributed by atoms with van der Waals surface area (Å²) in [6.45, 7) is 2.12. The van der Waals surface area contributed by atoms with Crippen molar-refractivity contribution in [1.29, 1.82) is 0 Å². The van der Waals surface area contributed by atoms with E-state index in [-0.39, 0.29) is 0 Å². The van der Waals surface area contributed by atoms with E-state index in [9.17, 15) is 0 Å². The molecule has 0 nitrogen and oxygen atoms in total. The van der Waals surface area contributed by atoms with Crippen LogP contribution in [0.1, 0.15) is 22.3 Å². The average Bonchev–Trinajstić information content (AvgIpc) is 2.52. The third-order valence-electron chi connectivity index (χ3n) is 3.47. The van der Waals surface area contributed by atoms with Crippen LogP contribution in [0.15, 0.2) is 84.9 Å². The van der Waals surface area contributed by atoms with Crippen molar-refractivity contribution >= 4 is 0 Å². The second-order valence-electron chi connectivity index (χ2n) is 4.97. The molecule has 0 fully saturated rings. The topological polar surface area (TPSA) is 0 Å². The molecule has 0 aliphatic rings. The van der Waals surface area contributed by atoms with Gasteiger partial charge in [0, 0.05) is 0 Å². The maximum Gasteiger partial charge on any atom is 0.0629 e. The molecule has 0 saturated carbocycles. The monoisotopic (exact) mass is 257 g/mol. The van der Waals surface area contributed by atoms with Crippen LogP contribution < -0.4 is 0 Å². The van der Waals surface area contributed by atoms with Crippen LogP contribution in [0.3, 0.4) is 0 Å². The molecule has 0 atom stereocenters. The molecule has 0 N–H and O–H groups in total. The van der Waals surface area contributed by atoms with Gasteiger partial charge in [-0.2, -0.15) is 0 Å². The summed E-state index contributed by atoms with van der Waals surface area (Å²) < 4.78 is 0. The lowest BCUT2D eigenvalue weighted by atomic mass is 9.85. The van der Waals surface area contributed by atoms with Gasteiger partial charge >= 0.3 is 0 Å². The molecular weight excluding hydrogens is 240 g/mol. The summed E-state index contributed by atoms with van der Waals surface area (Å²) in [5.74, 6) is 1.28. The van der Waals surface area contributed by atoms with Crippen molar-refractivity contribution in [2.75, 3.05) is 0 Å². The van der Waals surface area contributed by atoms with Gasteiger partial charge < -0.3 is 0 Å². The first-order valence-corrected chi connectivity index (χ1v) is 6.89. The Kier molecular flexibility index (Phi) is 3.64. The van der Waals surface area contributed by atoms with E-state index in [4.69, 9.17) is 0 Å². The van der Waals surface area contributed by atoms with Crippen molar-refractivity contribution < 1.29 is 0 Å². The Labute approximate surface area is 120 Å². The Hall–Kier alpha value is -2.34. The van der Waals surface area contributed by atoms with Gasteiger partial charge in [-0.25, -0.2) is 0 Å². The first-order valence-electron chi connectivity index (χ1n) is 6.89. The van der Waals surface area contributed by atoms with Crippen LogP contribution in [0.5, 0.6) is 0 Å². The first kappa shape index (κ1) is 12.7. The van der Waals surface area contributed by atoms with E-state index >= 15 is 0 Å². The maximum atomic E-state index is 2.20. The predicted molar refractivity (Wildman–Crippen MR) is 84.6 cm³/mol. The molecule has 0 saturated heterocycles. The summed E-state index contributed by atoms with van der Waals surface area (Å²) in [7, 11) is 0. The van der Waals surface area contributed by atoms with Crippen LogP contribution in [0, 0.1) is 12.8 Å². The highest BCUT2D eigenvalue weighted by Gasteiger charge is 2.16. The van der Waals surface area contributed by atoms with Crippen LogP contribution in [0.25, 0.3) is 0 Å². The van der Waals surface area contributed by atoms with Gasteiger partial charge in [-0.3, -0.25) is 0 Å². The lowest BCUT2D eigenvalue weighted by Gasteiger charge is -2.18. The number of hydrogen-bond acceptors (Lipinski definition) is 0. The van der Waals surface area contributed by atoms with Gasteiger partial charge in [0.15, 0.2) is 0 Å². The molecule has 0 amide bonds. The van der Waals surface area contributed by atoms with Gasteiger partial charge in [-0.1, -0.05) is 90.5 Å². The molecule has 0 aromatic heterocycles. The van der Waals surface area contributed by atoms with E-state index < -0.39 is 0 Å². The van der Waals surface area contributed by atoms with E-state index in [2.05, 4.69) is 91.9 Å². The third kappa shape index (κ3) is 2.65. The zero-order chi connectivity index (χ0) is 13.8. The molecule has 0 heterocycles. The summed E-state index contributed by atoms with van der Waals surface area (Å²) in [6.07, 6.45) is 0. The van der Waals surface area contributed by atoms with Gasteiger partial charge in [0.2, 0.25) is 0 Å². The number of benzene rings is 3. The Morgan fingerprint density at radius 1 is 0.500 bits per heavy atom. The summed E-state index contributed by atoms with van der Waals surface area (Å²) in [5, 5.41) is 0. The normalized spacial score (nSPS) is 10.7. The highest BCUT2D eigenvalue weighted by Crippen LogP contribution is 2.30. The van der Waals surface area contributed by atoms with Gasteiger partial charge in [0.05, 0.1) is 5.92 Å². The van der Waals surface area contributed by atoms with Crippen LogP contribution in [-0.4, -0.2) is 0 Å². The van der Waals surface area contributed by atoms with E-state index in [1.807, 2.05) is 0 Å². The van der Waals surface area contributed by atoms with E-state index in [1.54, 1.807) is 0 Å². The lowest BCUT2D eigenvalue weighted by molar-refractivity contribution is 1.22. The van der Waals surface area contributed by atoms with Crippen molar-refractivity contribution in [2.45, 2.75) is 6.92 Å². The fourth-order valence-corrected chi connectivity index (χ4v) is 2.43. The standard InChI is InChI=1S/C20H17/c1-16-12-14-19(15-13-16)20(17-8-4-2-5-9-17)18-10-6-3-7-11-18/h2-15H,1H3. The second-order valence-corrected chi connectivity index (χ2v) is 4.97. The molecule has 3 aromatic carbocycles. The molecule has 1 radical (unpaired) electrons. The molecule has 3 aromatic rings. The van der Waals surface area contributed by atoms with Crippen LogP contribution in [0.4, 0.5) is 0 Å². The van der Waals surface area contributed by atoms with Crippen LogP contribution >= 0.6 is 0 Å². The quantitative estimate of drug-likeness (QED) is 0.578. The fraction of sp³-hybridized carbons (Fsp3) is 0.0500. The van der Waals surface area contributed by atoms with E-state index in [0.29, 0.717) is 0 Å². The SMILES string of the molecule is Cc1ccc([C](c2ccccc2)c2ccccc2)cc1. The van der Waals surface area contributed by atoms with Crippen molar-refractivity contribution in [1.82, 2.24) is 0 Å². The predicted octanol–water partition coefficient (Wildman–Crippen LogP) is 5.01. The molecule has 0 unspecified atom stereocenters. The maximum absolute atomic E-state index is 2.20. The molecular formula is C20H17. The van der Waals surface area contributed by atoms with Gasteiger partial charge in [0.1, 0.15) is 0 Å². The largest absolute Gasteiger partial charge is 0.0629 e. The Morgan fingerprint density at radius 2 is 0.900 bits per heavy atom. The highest BCUT2D eigenvalue weighted by molar-refractivity contribution is 5.57. The number of rotatable bonds is 3. The Balaban J connectivity index is 2.11. The number of hydrogen-bond donors (Lipinski definition) is 0. The molecule has 0 bridgehead atoms. The van der Waals surface area contributed by atoms with Crippen molar-refractivity contribution in [3.8, 4) is 0 Å². The molecule has 0 heteroatoms. The minimum atomic E-state index is 1.25. The van der Waals surface area contributed by atoms with Crippen molar-refractivity contribution in [3.63, 3.8) is 0 Å². The van der Waals surface area contributed by atoms with Crippen LogP contribution in [0.2, 0.25) is 0 Å². The minimum absolute atomic E-state index is 1.25. The zero-order valence-electron chi connectivity index (χ0n) is 11.6. The summed E-state index contributed by atoms with van der Waals surface area (Å²) in [6, 6.07) is 29.9. The zero-order valence-corrected chi connectivity index (χ0v) is 11.6. The minimum Gasteiger partial charge on any atom is -0.0622 e. The molecule has 97 valence electrons. The lowest BCUT2D eigenvalue weighted by Crippen LogP contribution is -2.04. The summed E-state index contributed by atoms with van der Waals surface area (Å²) >= 11 is 0. The van der Waals surface area contributed by atoms with Gasteiger partial charge in [-0.15, -0.1) is 0 Å². The van der Waals surface area contributed by atoms with Crippen LogP contribution in [-0.2, 0) is 0 Å². The second kappa shape index (κ2) is 5.75. The highest BCUT2D eigenvalue weighted by atomic mass is 14.2. The molecule has 0 spiro atoms. The van der Waals surface area contributed by atoms with Gasteiger partial charge in [0.25, 0.3) is 0 Å². The van der Waals surface area contributed by atoms with E-state index in [0.717, 1.165) is 0 Å². The molecule has 0 aliphatic carbocycles. The van der Waals surface area contributed by atoms with Crippen molar-refractivity contribution in [2.24, 2.45) is 0 Å². The Bertz CT molecular complexity index is 612. The molecule has 0 aliphatic heterocycles. The molecule has 3 rings (SSSR count). The van der Waals surface area contributed by atoms with Crippen molar-refractivity contribution in [3.05, 3.63) is 113 Å². The first-order chi connectivity index (χ1) is 9.84. The fourth-order valence-electron chi connectivity index (χ4n) is 2.43. The number of aryl methyl sites for hydroxylation is 1.